The van der Waals surface area contributed by atoms with Crippen molar-refractivity contribution in [2.24, 2.45) is 11.5 Å². The van der Waals surface area contributed by atoms with E-state index in [1.807, 2.05) is 24.3 Å². The second kappa shape index (κ2) is 4.65. The van der Waals surface area contributed by atoms with Gasteiger partial charge in [-0.15, -0.1) is 0 Å². The van der Waals surface area contributed by atoms with Gasteiger partial charge in [-0.2, -0.15) is 0 Å². The predicted octanol–water partition coefficient (Wildman–Crippen LogP) is 3.77. The first-order valence-electron chi connectivity index (χ1n) is 7.09. The molecule has 1 aliphatic carbocycles. The van der Waals surface area contributed by atoms with E-state index < -0.39 is 0 Å². The van der Waals surface area contributed by atoms with Gasteiger partial charge in [-0.1, -0.05) is 39.7 Å². The standard InChI is InChI=1S/C18H15BrN2O/c1-9-2-5-15-13(6-9)16-12-8-11(19)4-3-10(12)7-14(20)17(16)18(21)22-15/h2-8,16H,20-21H2,1H3. The molecule has 4 heteroatoms. The summed E-state index contributed by atoms with van der Waals surface area (Å²) < 4.78 is 6.84. The molecule has 1 heterocycles. The highest BCUT2D eigenvalue weighted by atomic mass is 79.9. The van der Waals surface area contributed by atoms with Gasteiger partial charge in [-0.05, 0) is 42.3 Å². The molecule has 4 N–H and O–H groups in total. The lowest BCUT2D eigenvalue weighted by Crippen LogP contribution is -2.27. The van der Waals surface area contributed by atoms with Crippen molar-refractivity contribution in [3.05, 3.63) is 80.3 Å². The third-order valence-corrected chi connectivity index (χ3v) is 4.73. The van der Waals surface area contributed by atoms with Crippen LogP contribution < -0.4 is 16.2 Å². The summed E-state index contributed by atoms with van der Waals surface area (Å²) in [7, 11) is 0. The van der Waals surface area contributed by atoms with Gasteiger partial charge >= 0.3 is 0 Å². The van der Waals surface area contributed by atoms with Gasteiger partial charge in [0.1, 0.15) is 5.75 Å². The molecule has 2 aliphatic rings. The summed E-state index contributed by atoms with van der Waals surface area (Å²) in [6.07, 6.45) is 1.96. The number of allylic oxidation sites excluding steroid dienone is 1. The van der Waals surface area contributed by atoms with Gasteiger partial charge in [0, 0.05) is 27.2 Å². The molecule has 2 aromatic rings. The Labute approximate surface area is 137 Å². The van der Waals surface area contributed by atoms with Gasteiger partial charge in [-0.25, -0.2) is 0 Å². The van der Waals surface area contributed by atoms with Crippen molar-refractivity contribution < 1.29 is 4.74 Å². The maximum Gasteiger partial charge on any atom is 0.197 e. The van der Waals surface area contributed by atoms with E-state index in [1.54, 1.807) is 0 Å². The van der Waals surface area contributed by atoms with Crippen molar-refractivity contribution in [1.82, 2.24) is 0 Å². The van der Waals surface area contributed by atoms with Crippen molar-refractivity contribution in [3.63, 3.8) is 0 Å². The third kappa shape index (κ3) is 1.87. The molecule has 0 saturated carbocycles. The molecule has 0 aromatic heterocycles. The summed E-state index contributed by atoms with van der Waals surface area (Å²) >= 11 is 3.56. The van der Waals surface area contributed by atoms with Crippen LogP contribution in [0.25, 0.3) is 6.08 Å². The SMILES string of the molecule is Cc1ccc2c(c1)C1C(=C(N)O2)C(N)=Cc2ccc(Br)cc21. The molecule has 2 aromatic carbocycles. The zero-order valence-electron chi connectivity index (χ0n) is 12.1. The van der Waals surface area contributed by atoms with E-state index in [9.17, 15) is 0 Å². The molecule has 1 unspecified atom stereocenters. The highest BCUT2D eigenvalue weighted by Gasteiger charge is 2.35. The maximum atomic E-state index is 6.26. The highest BCUT2D eigenvalue weighted by molar-refractivity contribution is 9.10. The Bertz CT molecular complexity index is 867. The summed E-state index contributed by atoms with van der Waals surface area (Å²) in [4.78, 5) is 0. The predicted molar refractivity (Wildman–Crippen MR) is 91.2 cm³/mol. The van der Waals surface area contributed by atoms with E-state index in [4.69, 9.17) is 16.2 Å². The molecule has 0 saturated heterocycles. The van der Waals surface area contributed by atoms with Gasteiger partial charge in [0.2, 0.25) is 0 Å². The first kappa shape index (κ1) is 13.5. The van der Waals surface area contributed by atoms with Crippen molar-refractivity contribution in [1.29, 1.82) is 0 Å². The van der Waals surface area contributed by atoms with E-state index in [2.05, 4.69) is 41.1 Å². The van der Waals surface area contributed by atoms with E-state index in [1.165, 1.54) is 11.1 Å². The monoisotopic (exact) mass is 354 g/mol. The average Bonchev–Trinajstić information content (AvgIpc) is 2.48. The Hall–Kier alpha value is -2.20. The molecule has 4 rings (SSSR count). The van der Waals surface area contributed by atoms with Crippen LogP contribution in [0.1, 0.15) is 28.2 Å². The van der Waals surface area contributed by atoms with Crippen molar-refractivity contribution in [2.45, 2.75) is 12.8 Å². The second-order valence-electron chi connectivity index (χ2n) is 5.73. The summed E-state index contributed by atoms with van der Waals surface area (Å²) in [5.41, 5.74) is 18.6. The minimum absolute atomic E-state index is 0.0150. The number of rotatable bonds is 0. The van der Waals surface area contributed by atoms with Crippen LogP contribution in [0.15, 0.2) is 58.0 Å². The quantitative estimate of drug-likeness (QED) is 0.756. The molecular formula is C18H15BrN2O. The number of benzene rings is 2. The minimum Gasteiger partial charge on any atom is -0.441 e. The molecule has 0 fully saturated rings. The van der Waals surface area contributed by atoms with Gasteiger partial charge in [0.05, 0.1) is 0 Å². The molecule has 3 nitrogen and oxygen atoms in total. The number of nitrogens with two attached hydrogens (primary N) is 2. The second-order valence-corrected chi connectivity index (χ2v) is 6.64. The molecule has 0 amide bonds. The normalized spacial score (nSPS) is 18.8. The Morgan fingerprint density at radius 3 is 2.68 bits per heavy atom. The number of hydrogen-bond donors (Lipinski definition) is 2. The fourth-order valence-corrected chi connectivity index (χ4v) is 3.64. The fraction of sp³-hybridized carbons (Fsp3) is 0.111. The van der Waals surface area contributed by atoms with Gasteiger partial charge in [0.15, 0.2) is 5.88 Å². The number of halogens is 1. The van der Waals surface area contributed by atoms with Gasteiger partial charge < -0.3 is 16.2 Å². The molecule has 110 valence electrons. The maximum absolute atomic E-state index is 6.26. The van der Waals surface area contributed by atoms with E-state index in [0.29, 0.717) is 11.6 Å². The first-order valence-corrected chi connectivity index (χ1v) is 7.89. The van der Waals surface area contributed by atoms with Crippen LogP contribution in [0.2, 0.25) is 0 Å². The lowest BCUT2D eigenvalue weighted by atomic mass is 9.76. The fourth-order valence-electron chi connectivity index (χ4n) is 3.26. The molecule has 1 atom stereocenters. The summed E-state index contributed by atoms with van der Waals surface area (Å²) in [6, 6.07) is 12.4. The number of fused-ring (bicyclic) bond motifs is 5. The Morgan fingerprint density at radius 1 is 1.05 bits per heavy atom. The molecule has 22 heavy (non-hydrogen) atoms. The third-order valence-electron chi connectivity index (χ3n) is 4.23. The molecule has 1 aliphatic heterocycles. The zero-order valence-corrected chi connectivity index (χ0v) is 13.6. The minimum atomic E-state index is 0.0150. The van der Waals surface area contributed by atoms with Crippen LogP contribution in [0.5, 0.6) is 5.75 Å². The smallest absolute Gasteiger partial charge is 0.197 e. The van der Waals surface area contributed by atoms with Crippen LogP contribution in [-0.2, 0) is 0 Å². The lowest BCUT2D eigenvalue weighted by molar-refractivity contribution is 0.391. The van der Waals surface area contributed by atoms with Crippen LogP contribution in [0.4, 0.5) is 0 Å². The number of aryl methyl sites for hydroxylation is 1. The zero-order chi connectivity index (χ0) is 15.4. The van der Waals surface area contributed by atoms with E-state index in [0.717, 1.165) is 26.9 Å². The van der Waals surface area contributed by atoms with Gasteiger partial charge in [-0.3, -0.25) is 0 Å². The first-order chi connectivity index (χ1) is 10.5. The van der Waals surface area contributed by atoms with Crippen LogP contribution in [-0.4, -0.2) is 0 Å². The largest absolute Gasteiger partial charge is 0.441 e. The van der Waals surface area contributed by atoms with Crippen LogP contribution in [0, 0.1) is 6.92 Å². The summed E-state index contributed by atoms with van der Waals surface area (Å²) in [5, 5.41) is 0. The van der Waals surface area contributed by atoms with E-state index >= 15 is 0 Å². The Morgan fingerprint density at radius 2 is 1.86 bits per heavy atom. The van der Waals surface area contributed by atoms with Crippen molar-refractivity contribution >= 4 is 22.0 Å². The number of hydrogen-bond acceptors (Lipinski definition) is 3. The lowest BCUT2D eigenvalue weighted by Gasteiger charge is -2.33. The summed E-state index contributed by atoms with van der Waals surface area (Å²) in [6.45, 7) is 2.07. The molecule has 0 bridgehead atoms. The summed E-state index contributed by atoms with van der Waals surface area (Å²) in [5.74, 6) is 1.21. The topological polar surface area (TPSA) is 61.3 Å². The molecular weight excluding hydrogens is 340 g/mol. The van der Waals surface area contributed by atoms with Crippen molar-refractivity contribution in [3.8, 4) is 5.75 Å². The average molecular weight is 355 g/mol. The van der Waals surface area contributed by atoms with Crippen molar-refractivity contribution in [2.75, 3.05) is 0 Å². The van der Waals surface area contributed by atoms with Crippen LogP contribution >= 0.6 is 15.9 Å². The molecule has 0 spiro atoms. The van der Waals surface area contributed by atoms with Crippen LogP contribution in [0.3, 0.4) is 0 Å². The Kier molecular flexibility index (Phi) is 2.84. The molecule has 0 radical (unpaired) electrons. The van der Waals surface area contributed by atoms with E-state index in [-0.39, 0.29) is 5.92 Å². The van der Waals surface area contributed by atoms with Gasteiger partial charge in [0.25, 0.3) is 0 Å². The Balaban J connectivity index is 2.05. The highest BCUT2D eigenvalue weighted by Crippen LogP contribution is 2.48. The number of ether oxygens (including phenoxy) is 1.